The van der Waals surface area contributed by atoms with Crippen molar-refractivity contribution in [3.63, 3.8) is 0 Å². The summed E-state index contributed by atoms with van der Waals surface area (Å²) in [4.78, 5) is 4.10. The maximum absolute atomic E-state index is 5.53. The van der Waals surface area contributed by atoms with Gasteiger partial charge < -0.3 is 24.3 Å². The second kappa shape index (κ2) is 10.5. The molecule has 0 unspecified atom stereocenters. The van der Waals surface area contributed by atoms with E-state index in [1.165, 1.54) is 0 Å². The average molecular weight is 270 g/mol. The number of hydrogen-bond acceptors (Lipinski definition) is 6. The highest BCUT2D eigenvalue weighted by molar-refractivity contribution is 5.39. The highest BCUT2D eigenvalue weighted by atomic mass is 16.6. The zero-order valence-corrected chi connectivity index (χ0v) is 11.6. The van der Waals surface area contributed by atoms with Crippen molar-refractivity contribution in [2.45, 2.75) is 0 Å². The molecule has 19 heavy (non-hydrogen) atoms. The third kappa shape index (κ3) is 7.61. The molecule has 0 radical (unpaired) electrons. The third-order valence-electron chi connectivity index (χ3n) is 2.29. The van der Waals surface area contributed by atoms with E-state index in [0.29, 0.717) is 39.6 Å². The Morgan fingerprint density at radius 2 is 1.74 bits per heavy atom. The minimum atomic E-state index is 0.505. The molecule has 6 heteroatoms. The number of aromatic nitrogens is 1. The highest BCUT2D eigenvalue weighted by Crippen LogP contribution is 2.13. The van der Waals surface area contributed by atoms with Crippen LogP contribution < -0.4 is 10.1 Å². The lowest BCUT2D eigenvalue weighted by molar-refractivity contribution is 0.0180. The van der Waals surface area contributed by atoms with Gasteiger partial charge in [0.25, 0.3) is 0 Å². The number of anilines is 1. The van der Waals surface area contributed by atoms with E-state index in [9.17, 15) is 0 Å². The summed E-state index contributed by atoms with van der Waals surface area (Å²) in [5.74, 6) is 1.56. The fraction of sp³-hybridized carbons (Fsp3) is 0.615. The molecule has 0 aromatic carbocycles. The van der Waals surface area contributed by atoms with Crippen molar-refractivity contribution in [1.82, 2.24) is 4.98 Å². The SMILES string of the molecule is CNc1cc(OCCOCCOCCOC)ccn1. The van der Waals surface area contributed by atoms with Crippen LogP contribution in [0.4, 0.5) is 5.82 Å². The predicted molar refractivity (Wildman–Crippen MR) is 72.8 cm³/mol. The number of ether oxygens (including phenoxy) is 4. The Bertz CT molecular complexity index is 336. The van der Waals surface area contributed by atoms with Gasteiger partial charge >= 0.3 is 0 Å². The monoisotopic (exact) mass is 270 g/mol. The highest BCUT2D eigenvalue weighted by Gasteiger charge is 1.96. The Hall–Kier alpha value is -1.37. The van der Waals surface area contributed by atoms with Crippen molar-refractivity contribution in [1.29, 1.82) is 0 Å². The number of nitrogens with one attached hydrogen (secondary N) is 1. The first kappa shape index (κ1) is 15.7. The molecule has 0 saturated carbocycles. The van der Waals surface area contributed by atoms with Crippen LogP contribution in [0.25, 0.3) is 0 Å². The van der Waals surface area contributed by atoms with Crippen LogP contribution in [0.1, 0.15) is 0 Å². The van der Waals surface area contributed by atoms with E-state index < -0.39 is 0 Å². The van der Waals surface area contributed by atoms with E-state index in [1.807, 2.05) is 19.2 Å². The van der Waals surface area contributed by atoms with E-state index in [4.69, 9.17) is 18.9 Å². The summed E-state index contributed by atoms with van der Waals surface area (Å²) in [6.07, 6.45) is 1.70. The van der Waals surface area contributed by atoms with Gasteiger partial charge in [0.1, 0.15) is 18.2 Å². The first-order chi connectivity index (χ1) is 9.36. The Labute approximate surface area is 114 Å². The topological polar surface area (TPSA) is 61.8 Å². The van der Waals surface area contributed by atoms with Crippen LogP contribution in [0.3, 0.4) is 0 Å². The van der Waals surface area contributed by atoms with Crippen LogP contribution in [-0.2, 0) is 14.2 Å². The molecule has 108 valence electrons. The Balaban J connectivity index is 1.98. The summed E-state index contributed by atoms with van der Waals surface area (Å²) in [5, 5.41) is 2.95. The minimum Gasteiger partial charge on any atom is -0.491 e. The molecule has 0 atom stereocenters. The van der Waals surface area contributed by atoms with Crippen molar-refractivity contribution in [3.8, 4) is 5.75 Å². The first-order valence-electron chi connectivity index (χ1n) is 6.28. The second-order valence-corrected chi connectivity index (χ2v) is 3.69. The van der Waals surface area contributed by atoms with Gasteiger partial charge in [0.15, 0.2) is 0 Å². The van der Waals surface area contributed by atoms with E-state index in [-0.39, 0.29) is 0 Å². The Morgan fingerprint density at radius 3 is 2.42 bits per heavy atom. The zero-order valence-electron chi connectivity index (χ0n) is 11.6. The second-order valence-electron chi connectivity index (χ2n) is 3.69. The lowest BCUT2D eigenvalue weighted by atomic mass is 10.4. The first-order valence-corrected chi connectivity index (χ1v) is 6.28. The standard InChI is InChI=1S/C13H22N2O4/c1-14-13-11-12(3-4-15-13)19-10-9-18-8-7-17-6-5-16-2/h3-4,11H,5-10H2,1-2H3,(H,14,15). The lowest BCUT2D eigenvalue weighted by Crippen LogP contribution is -2.12. The van der Waals surface area contributed by atoms with Gasteiger partial charge in [0.05, 0.1) is 33.0 Å². The third-order valence-corrected chi connectivity index (χ3v) is 2.29. The van der Waals surface area contributed by atoms with Crippen molar-refractivity contribution in [3.05, 3.63) is 18.3 Å². The molecule has 1 rings (SSSR count). The number of rotatable bonds is 11. The largest absolute Gasteiger partial charge is 0.491 e. The van der Waals surface area contributed by atoms with E-state index in [0.717, 1.165) is 11.6 Å². The van der Waals surface area contributed by atoms with Gasteiger partial charge in [-0.2, -0.15) is 0 Å². The van der Waals surface area contributed by atoms with Crippen LogP contribution in [-0.4, -0.2) is 58.8 Å². The van der Waals surface area contributed by atoms with Crippen molar-refractivity contribution in [2.24, 2.45) is 0 Å². The van der Waals surface area contributed by atoms with Gasteiger partial charge in [-0.25, -0.2) is 4.98 Å². The normalized spacial score (nSPS) is 10.4. The number of pyridine rings is 1. The molecule has 0 amide bonds. The molecule has 1 aromatic rings. The summed E-state index contributed by atoms with van der Waals surface area (Å²) in [7, 11) is 3.47. The molecule has 0 spiro atoms. The van der Waals surface area contributed by atoms with Crippen LogP contribution >= 0.6 is 0 Å². The summed E-state index contributed by atoms with van der Waals surface area (Å²) in [6.45, 7) is 3.38. The quantitative estimate of drug-likeness (QED) is 0.609. The molecular weight excluding hydrogens is 248 g/mol. The number of hydrogen-bond donors (Lipinski definition) is 1. The fourth-order valence-corrected chi connectivity index (χ4v) is 1.32. The fourth-order valence-electron chi connectivity index (χ4n) is 1.32. The van der Waals surface area contributed by atoms with Gasteiger partial charge in [-0.3, -0.25) is 0 Å². The Morgan fingerprint density at radius 1 is 1.05 bits per heavy atom. The van der Waals surface area contributed by atoms with Gasteiger partial charge in [0, 0.05) is 26.4 Å². The molecule has 1 N–H and O–H groups in total. The molecule has 0 saturated heterocycles. The zero-order chi connectivity index (χ0) is 13.8. The average Bonchev–Trinajstić information content (AvgIpc) is 2.46. The van der Waals surface area contributed by atoms with Crippen LogP contribution in [0.15, 0.2) is 18.3 Å². The molecule has 0 aliphatic carbocycles. The molecule has 0 bridgehead atoms. The summed E-state index contributed by atoms with van der Waals surface area (Å²) < 4.78 is 21.0. The van der Waals surface area contributed by atoms with Crippen LogP contribution in [0.5, 0.6) is 5.75 Å². The Kier molecular flexibility index (Phi) is 8.70. The lowest BCUT2D eigenvalue weighted by Gasteiger charge is -2.08. The molecule has 1 aromatic heterocycles. The van der Waals surface area contributed by atoms with Gasteiger partial charge in [-0.1, -0.05) is 0 Å². The summed E-state index contributed by atoms with van der Waals surface area (Å²) in [6, 6.07) is 3.66. The molecule has 0 fully saturated rings. The maximum atomic E-state index is 5.53. The van der Waals surface area contributed by atoms with Gasteiger partial charge in [-0.05, 0) is 6.07 Å². The smallest absolute Gasteiger partial charge is 0.129 e. The number of nitrogens with zero attached hydrogens (tertiary/aromatic N) is 1. The van der Waals surface area contributed by atoms with Crippen LogP contribution in [0.2, 0.25) is 0 Å². The predicted octanol–water partition coefficient (Wildman–Crippen LogP) is 1.18. The molecule has 6 nitrogen and oxygen atoms in total. The van der Waals surface area contributed by atoms with E-state index in [1.54, 1.807) is 13.3 Å². The van der Waals surface area contributed by atoms with Crippen molar-refractivity contribution in [2.75, 3.05) is 59.1 Å². The maximum Gasteiger partial charge on any atom is 0.129 e. The van der Waals surface area contributed by atoms with Crippen LogP contribution in [0, 0.1) is 0 Å². The van der Waals surface area contributed by atoms with Gasteiger partial charge in [-0.15, -0.1) is 0 Å². The summed E-state index contributed by atoms with van der Waals surface area (Å²) in [5.41, 5.74) is 0. The number of methoxy groups -OCH3 is 1. The molecular formula is C13H22N2O4. The van der Waals surface area contributed by atoms with Gasteiger partial charge in [0.2, 0.25) is 0 Å². The molecule has 1 heterocycles. The van der Waals surface area contributed by atoms with E-state index in [2.05, 4.69) is 10.3 Å². The van der Waals surface area contributed by atoms with Crippen molar-refractivity contribution < 1.29 is 18.9 Å². The summed E-state index contributed by atoms with van der Waals surface area (Å²) >= 11 is 0. The molecule has 0 aliphatic rings. The van der Waals surface area contributed by atoms with E-state index >= 15 is 0 Å². The molecule has 0 aliphatic heterocycles. The minimum absolute atomic E-state index is 0.505. The van der Waals surface area contributed by atoms with Crippen molar-refractivity contribution >= 4 is 5.82 Å².